The van der Waals surface area contributed by atoms with Crippen LogP contribution in [0.1, 0.15) is 47.5 Å². The average Bonchev–Trinajstić information content (AvgIpc) is 2.77. The molecule has 154 valence electrons. The molecule has 1 aliphatic carbocycles. The highest BCUT2D eigenvalue weighted by Crippen LogP contribution is 2.38. The summed E-state index contributed by atoms with van der Waals surface area (Å²) in [4.78, 5) is 16.4. The molecule has 2 fully saturated rings. The summed E-state index contributed by atoms with van der Waals surface area (Å²) in [6, 6.07) is 23.4. The third-order valence-electron chi connectivity index (χ3n) is 7.13. The summed E-state index contributed by atoms with van der Waals surface area (Å²) in [6.07, 6.45) is 4.96. The van der Waals surface area contributed by atoms with Gasteiger partial charge in [0.15, 0.2) is 5.78 Å². The van der Waals surface area contributed by atoms with E-state index < -0.39 is 0 Å². The lowest BCUT2D eigenvalue weighted by Gasteiger charge is -2.45. The third-order valence-corrected chi connectivity index (χ3v) is 7.13. The average molecular weight is 400 g/mol. The van der Waals surface area contributed by atoms with E-state index in [9.17, 15) is 4.79 Å². The van der Waals surface area contributed by atoms with Crippen molar-refractivity contribution >= 4 is 16.6 Å². The first-order chi connectivity index (χ1) is 14.7. The van der Waals surface area contributed by atoms with Gasteiger partial charge in [0.1, 0.15) is 5.75 Å². The second-order valence-electron chi connectivity index (χ2n) is 8.78. The Bertz CT molecular complexity index is 1040. The highest BCUT2D eigenvalue weighted by molar-refractivity contribution is 6.02. The quantitative estimate of drug-likeness (QED) is 0.516. The van der Waals surface area contributed by atoms with Crippen LogP contribution in [-0.2, 0) is 0 Å². The summed E-state index contributed by atoms with van der Waals surface area (Å²) in [6.45, 7) is 1.98. The van der Waals surface area contributed by atoms with Crippen LogP contribution in [0.15, 0.2) is 66.7 Å². The normalized spacial score (nSPS) is 22.6. The number of hydrogen-bond acceptors (Lipinski definition) is 3. The Morgan fingerprint density at radius 1 is 0.933 bits per heavy atom. The molecule has 30 heavy (non-hydrogen) atoms. The summed E-state index contributed by atoms with van der Waals surface area (Å²) in [5.74, 6) is 1.43. The Hall–Kier alpha value is -2.65. The maximum absolute atomic E-state index is 13.8. The van der Waals surface area contributed by atoms with Crippen molar-refractivity contribution in [3.8, 4) is 5.75 Å². The lowest BCUT2D eigenvalue weighted by molar-refractivity contribution is 0.0540. The predicted molar refractivity (Wildman–Crippen MR) is 121 cm³/mol. The van der Waals surface area contributed by atoms with E-state index in [0.717, 1.165) is 41.6 Å². The van der Waals surface area contributed by atoms with E-state index in [1.807, 2.05) is 24.3 Å². The molecule has 1 saturated carbocycles. The number of likely N-dealkylation sites (tertiary alicyclic amines) is 1. The van der Waals surface area contributed by atoms with Crippen molar-refractivity contribution in [3.63, 3.8) is 0 Å². The SMILES string of the molecule is COc1ccc2cc(C(=O)[C@@H]3CN(C4CCC4)CC[C@@H]3c3ccccc3)ccc2c1. The Labute approximate surface area is 178 Å². The molecule has 0 unspecified atom stereocenters. The van der Waals surface area contributed by atoms with Crippen LogP contribution in [0.25, 0.3) is 10.8 Å². The van der Waals surface area contributed by atoms with Crippen molar-refractivity contribution in [2.45, 2.75) is 37.6 Å². The van der Waals surface area contributed by atoms with E-state index in [1.54, 1.807) is 7.11 Å². The van der Waals surface area contributed by atoms with Gasteiger partial charge in [-0.1, -0.05) is 55.0 Å². The molecule has 2 aliphatic rings. The minimum atomic E-state index is 0.0115. The number of carbonyl (C=O) groups excluding carboxylic acids is 1. The third kappa shape index (κ3) is 3.63. The van der Waals surface area contributed by atoms with Gasteiger partial charge in [-0.15, -0.1) is 0 Å². The van der Waals surface area contributed by atoms with E-state index in [2.05, 4.69) is 47.4 Å². The number of fused-ring (bicyclic) bond motifs is 1. The molecule has 1 aliphatic heterocycles. The zero-order valence-corrected chi connectivity index (χ0v) is 17.6. The number of ketones is 1. The smallest absolute Gasteiger partial charge is 0.167 e. The highest BCUT2D eigenvalue weighted by atomic mass is 16.5. The van der Waals surface area contributed by atoms with Crippen molar-refractivity contribution in [1.82, 2.24) is 4.90 Å². The second kappa shape index (κ2) is 8.23. The first-order valence-electron chi connectivity index (χ1n) is 11.1. The molecule has 3 aromatic rings. The van der Waals surface area contributed by atoms with E-state index >= 15 is 0 Å². The van der Waals surface area contributed by atoms with Gasteiger partial charge >= 0.3 is 0 Å². The van der Waals surface area contributed by atoms with Gasteiger partial charge in [0, 0.05) is 24.1 Å². The second-order valence-corrected chi connectivity index (χ2v) is 8.78. The number of carbonyl (C=O) groups is 1. The van der Waals surface area contributed by atoms with Gasteiger partial charge in [0.05, 0.1) is 7.11 Å². The molecule has 0 aromatic heterocycles. The molecule has 3 heteroatoms. The molecule has 0 amide bonds. The van der Waals surface area contributed by atoms with Crippen molar-refractivity contribution in [1.29, 1.82) is 0 Å². The molecular formula is C27H29NO2. The van der Waals surface area contributed by atoms with Crippen LogP contribution in [0.3, 0.4) is 0 Å². The van der Waals surface area contributed by atoms with Gasteiger partial charge in [-0.2, -0.15) is 0 Å². The maximum Gasteiger partial charge on any atom is 0.167 e. The van der Waals surface area contributed by atoms with E-state index in [-0.39, 0.29) is 11.7 Å². The summed E-state index contributed by atoms with van der Waals surface area (Å²) >= 11 is 0. The van der Waals surface area contributed by atoms with Crippen molar-refractivity contribution in [3.05, 3.63) is 77.9 Å². The van der Waals surface area contributed by atoms with Gasteiger partial charge in [-0.3, -0.25) is 9.69 Å². The number of nitrogens with zero attached hydrogens (tertiary/aromatic N) is 1. The molecule has 0 radical (unpaired) electrons. The summed E-state index contributed by atoms with van der Waals surface area (Å²) in [5, 5.41) is 2.19. The fraction of sp³-hybridized carbons (Fsp3) is 0.370. The lowest BCUT2D eigenvalue weighted by Crippen LogP contribution is -2.49. The number of hydrogen-bond donors (Lipinski definition) is 0. The first kappa shape index (κ1) is 19.3. The van der Waals surface area contributed by atoms with Gasteiger partial charge in [0.25, 0.3) is 0 Å². The predicted octanol–water partition coefficient (Wildman–Crippen LogP) is 5.69. The molecule has 3 aromatic carbocycles. The van der Waals surface area contributed by atoms with Crippen molar-refractivity contribution < 1.29 is 9.53 Å². The fourth-order valence-corrected chi connectivity index (χ4v) is 5.14. The van der Waals surface area contributed by atoms with Crippen molar-refractivity contribution in [2.24, 2.45) is 5.92 Å². The van der Waals surface area contributed by atoms with Gasteiger partial charge in [0.2, 0.25) is 0 Å². The molecule has 0 N–H and O–H groups in total. The van der Waals surface area contributed by atoms with Crippen LogP contribution >= 0.6 is 0 Å². The highest BCUT2D eigenvalue weighted by Gasteiger charge is 2.38. The maximum atomic E-state index is 13.8. The van der Waals surface area contributed by atoms with Gasteiger partial charge in [-0.25, -0.2) is 0 Å². The van der Waals surface area contributed by atoms with Crippen LogP contribution in [-0.4, -0.2) is 36.9 Å². The van der Waals surface area contributed by atoms with Crippen LogP contribution < -0.4 is 4.74 Å². The molecule has 3 nitrogen and oxygen atoms in total. The Kier molecular flexibility index (Phi) is 5.30. The first-order valence-corrected chi connectivity index (χ1v) is 11.1. The van der Waals surface area contributed by atoms with E-state index in [4.69, 9.17) is 4.74 Å². The van der Waals surface area contributed by atoms with Gasteiger partial charge in [-0.05, 0) is 66.3 Å². The number of benzene rings is 3. The Morgan fingerprint density at radius 3 is 2.43 bits per heavy atom. The Morgan fingerprint density at radius 2 is 1.70 bits per heavy atom. The summed E-state index contributed by atoms with van der Waals surface area (Å²) < 4.78 is 5.34. The van der Waals surface area contributed by atoms with Crippen LogP contribution in [0.4, 0.5) is 0 Å². The number of ether oxygens (including phenoxy) is 1. The molecule has 0 bridgehead atoms. The van der Waals surface area contributed by atoms with Crippen LogP contribution in [0, 0.1) is 5.92 Å². The molecule has 0 spiro atoms. The summed E-state index contributed by atoms with van der Waals surface area (Å²) in [7, 11) is 1.68. The molecule has 1 heterocycles. The number of Topliss-reactive ketones (excluding diaryl/α,β-unsaturated/α-hetero) is 1. The topological polar surface area (TPSA) is 29.5 Å². The van der Waals surface area contributed by atoms with Crippen LogP contribution in [0.5, 0.6) is 5.75 Å². The standard InChI is InChI=1S/C27H29NO2/c1-30-24-13-12-20-16-22(11-10-21(20)17-24)27(29)26-18-28(23-8-5-9-23)15-14-25(26)19-6-3-2-4-7-19/h2-4,6-7,10-13,16-17,23,25-26H,5,8-9,14-15,18H2,1H3/t25-,26-/m1/s1. The van der Waals surface area contributed by atoms with Gasteiger partial charge < -0.3 is 4.74 Å². The zero-order chi connectivity index (χ0) is 20.5. The zero-order valence-electron chi connectivity index (χ0n) is 17.6. The molecule has 2 atom stereocenters. The molecule has 1 saturated heterocycles. The lowest BCUT2D eigenvalue weighted by atomic mass is 9.75. The largest absolute Gasteiger partial charge is 0.497 e. The minimum absolute atomic E-state index is 0.0115. The van der Waals surface area contributed by atoms with E-state index in [1.165, 1.54) is 24.8 Å². The molecular weight excluding hydrogens is 370 g/mol. The number of methoxy groups -OCH3 is 1. The number of rotatable bonds is 5. The van der Waals surface area contributed by atoms with Crippen LogP contribution in [0.2, 0.25) is 0 Å². The van der Waals surface area contributed by atoms with E-state index in [0.29, 0.717) is 12.0 Å². The number of piperidine rings is 1. The fourth-order valence-electron chi connectivity index (χ4n) is 5.14. The monoisotopic (exact) mass is 399 g/mol. The summed E-state index contributed by atoms with van der Waals surface area (Å²) in [5.41, 5.74) is 2.13. The molecule has 5 rings (SSSR count). The van der Waals surface area contributed by atoms with Crippen molar-refractivity contribution in [2.75, 3.05) is 20.2 Å². The minimum Gasteiger partial charge on any atom is -0.497 e. The Balaban J connectivity index is 1.47.